The monoisotopic (exact) mass is 430 g/mol. The van der Waals surface area contributed by atoms with Gasteiger partial charge >= 0.3 is 0 Å². The fourth-order valence-electron chi connectivity index (χ4n) is 2.71. The van der Waals surface area contributed by atoms with Crippen LogP contribution in [0.1, 0.15) is 5.56 Å². The van der Waals surface area contributed by atoms with E-state index in [0.717, 1.165) is 26.0 Å². The Balaban J connectivity index is 1.81. The Morgan fingerprint density at radius 1 is 1.08 bits per heavy atom. The highest BCUT2D eigenvalue weighted by Gasteiger charge is 2.13. The van der Waals surface area contributed by atoms with Gasteiger partial charge in [-0.25, -0.2) is 4.98 Å². The first-order chi connectivity index (χ1) is 12.1. The largest absolute Gasteiger partial charge is 0.294 e. The van der Waals surface area contributed by atoms with Gasteiger partial charge in [0.05, 0.1) is 18.3 Å². The first kappa shape index (κ1) is 16.5. The smallest absolute Gasteiger partial charge is 0.263 e. The molecule has 2 heterocycles. The number of thiophene rings is 1. The van der Waals surface area contributed by atoms with Gasteiger partial charge in [-0.2, -0.15) is 0 Å². The van der Waals surface area contributed by atoms with E-state index >= 15 is 0 Å². The van der Waals surface area contributed by atoms with Crippen molar-refractivity contribution >= 4 is 49.1 Å². The molecule has 124 valence electrons. The van der Waals surface area contributed by atoms with Crippen molar-refractivity contribution < 1.29 is 0 Å². The van der Waals surface area contributed by atoms with E-state index in [1.807, 2.05) is 53.9 Å². The summed E-state index contributed by atoms with van der Waals surface area (Å²) < 4.78 is 2.65. The Bertz CT molecular complexity index is 1100. The molecule has 3 nitrogen and oxygen atoms in total. The molecule has 2 aromatic carbocycles. The Labute approximate surface area is 161 Å². The molecule has 0 aliphatic carbocycles. The second-order valence-corrected chi connectivity index (χ2v) is 7.85. The first-order valence-electron chi connectivity index (χ1n) is 7.59. The van der Waals surface area contributed by atoms with Crippen LogP contribution >= 0.6 is 38.9 Å². The molecule has 0 fully saturated rings. The highest BCUT2D eigenvalue weighted by molar-refractivity contribution is 9.10. The molecule has 25 heavy (non-hydrogen) atoms. The summed E-state index contributed by atoms with van der Waals surface area (Å²) >= 11 is 10.9. The second-order valence-electron chi connectivity index (χ2n) is 5.64. The maximum Gasteiger partial charge on any atom is 0.263 e. The van der Waals surface area contributed by atoms with Crippen molar-refractivity contribution in [2.45, 2.75) is 6.54 Å². The number of benzene rings is 2. The molecule has 0 saturated heterocycles. The summed E-state index contributed by atoms with van der Waals surface area (Å²) in [6.07, 6.45) is 1.61. The topological polar surface area (TPSA) is 34.9 Å². The van der Waals surface area contributed by atoms with Gasteiger partial charge in [-0.15, -0.1) is 11.3 Å². The van der Waals surface area contributed by atoms with E-state index in [1.54, 1.807) is 10.9 Å². The van der Waals surface area contributed by atoms with Gasteiger partial charge in [-0.1, -0.05) is 51.8 Å². The standard InChI is InChI=1S/C19H12BrClN2OS/c20-14-5-3-13(4-6-14)16-10-25-18-17(16)19(24)23(11-22-18)9-12-1-7-15(21)8-2-12/h1-8,10-11H,9H2. The number of hydrogen-bond acceptors (Lipinski definition) is 3. The quantitative estimate of drug-likeness (QED) is 0.424. The zero-order valence-corrected chi connectivity index (χ0v) is 16.1. The van der Waals surface area contributed by atoms with E-state index in [9.17, 15) is 4.79 Å². The van der Waals surface area contributed by atoms with E-state index in [4.69, 9.17) is 11.6 Å². The van der Waals surface area contributed by atoms with Crippen molar-refractivity contribution in [3.8, 4) is 11.1 Å². The number of hydrogen-bond donors (Lipinski definition) is 0. The number of halogens is 2. The normalized spacial score (nSPS) is 11.1. The van der Waals surface area contributed by atoms with Crippen LogP contribution in [0.15, 0.2) is 69.5 Å². The Morgan fingerprint density at radius 2 is 1.80 bits per heavy atom. The minimum Gasteiger partial charge on any atom is -0.294 e. The van der Waals surface area contributed by atoms with Crippen molar-refractivity contribution in [1.29, 1.82) is 0 Å². The van der Waals surface area contributed by atoms with Crippen LogP contribution in [0, 0.1) is 0 Å². The lowest BCUT2D eigenvalue weighted by atomic mass is 10.1. The first-order valence-corrected chi connectivity index (χ1v) is 9.64. The molecule has 0 N–H and O–H groups in total. The summed E-state index contributed by atoms with van der Waals surface area (Å²) in [7, 11) is 0. The minimum atomic E-state index is -0.0286. The molecule has 0 unspecified atom stereocenters. The van der Waals surface area contributed by atoms with E-state index in [0.29, 0.717) is 17.0 Å². The van der Waals surface area contributed by atoms with Gasteiger partial charge in [0.15, 0.2) is 0 Å². The maximum absolute atomic E-state index is 13.0. The average Bonchev–Trinajstić information content (AvgIpc) is 3.05. The van der Waals surface area contributed by atoms with Crippen molar-refractivity contribution in [3.05, 3.63) is 85.7 Å². The molecule has 4 rings (SSSR count). The zero-order valence-electron chi connectivity index (χ0n) is 12.9. The summed E-state index contributed by atoms with van der Waals surface area (Å²) in [4.78, 5) is 18.2. The van der Waals surface area contributed by atoms with Crippen molar-refractivity contribution in [2.24, 2.45) is 0 Å². The number of fused-ring (bicyclic) bond motifs is 1. The van der Waals surface area contributed by atoms with Crippen LogP contribution in [0.25, 0.3) is 21.3 Å². The lowest BCUT2D eigenvalue weighted by molar-refractivity contribution is 0.749. The maximum atomic E-state index is 13.0. The Hall–Kier alpha value is -1.95. The Morgan fingerprint density at radius 3 is 2.52 bits per heavy atom. The molecule has 0 bridgehead atoms. The summed E-state index contributed by atoms with van der Waals surface area (Å²) in [5.74, 6) is 0. The summed E-state index contributed by atoms with van der Waals surface area (Å²) in [5, 5.41) is 3.35. The zero-order chi connectivity index (χ0) is 17.4. The molecule has 0 atom stereocenters. The molecular formula is C19H12BrClN2OS. The van der Waals surface area contributed by atoms with E-state index in [1.165, 1.54) is 11.3 Å². The number of aromatic nitrogens is 2. The van der Waals surface area contributed by atoms with Gasteiger partial charge < -0.3 is 0 Å². The second kappa shape index (κ2) is 6.75. The predicted octanol–water partition coefficient (Wildman–Crippen LogP) is 5.59. The summed E-state index contributed by atoms with van der Waals surface area (Å²) in [6, 6.07) is 15.4. The van der Waals surface area contributed by atoms with Crippen LogP contribution in [0.2, 0.25) is 5.02 Å². The van der Waals surface area contributed by atoms with E-state index < -0.39 is 0 Å². The number of nitrogens with zero attached hydrogens (tertiary/aromatic N) is 2. The van der Waals surface area contributed by atoms with Gasteiger partial charge in [0.1, 0.15) is 4.83 Å². The lowest BCUT2D eigenvalue weighted by Gasteiger charge is -2.07. The molecule has 0 aliphatic heterocycles. The predicted molar refractivity (Wildman–Crippen MR) is 108 cm³/mol. The molecule has 0 amide bonds. The van der Waals surface area contributed by atoms with Crippen LogP contribution < -0.4 is 5.56 Å². The van der Waals surface area contributed by atoms with E-state index in [-0.39, 0.29) is 5.56 Å². The average molecular weight is 432 g/mol. The molecule has 0 radical (unpaired) electrons. The SMILES string of the molecule is O=c1c2c(-c3ccc(Br)cc3)csc2ncn1Cc1ccc(Cl)cc1. The molecule has 6 heteroatoms. The molecule has 2 aromatic heterocycles. The van der Waals surface area contributed by atoms with Crippen LogP contribution in [0.4, 0.5) is 0 Å². The highest BCUT2D eigenvalue weighted by atomic mass is 79.9. The van der Waals surface area contributed by atoms with Gasteiger partial charge in [0.2, 0.25) is 0 Å². The third-order valence-electron chi connectivity index (χ3n) is 3.98. The Kier molecular flexibility index (Phi) is 4.46. The van der Waals surface area contributed by atoms with Crippen molar-refractivity contribution in [3.63, 3.8) is 0 Å². The van der Waals surface area contributed by atoms with E-state index in [2.05, 4.69) is 20.9 Å². The molecular weight excluding hydrogens is 420 g/mol. The third-order valence-corrected chi connectivity index (χ3v) is 5.65. The van der Waals surface area contributed by atoms with Crippen molar-refractivity contribution in [1.82, 2.24) is 9.55 Å². The molecule has 0 saturated carbocycles. The van der Waals surface area contributed by atoms with Crippen LogP contribution in [-0.4, -0.2) is 9.55 Å². The molecule has 0 aliphatic rings. The fraction of sp³-hybridized carbons (Fsp3) is 0.0526. The summed E-state index contributed by atoms with van der Waals surface area (Å²) in [6.45, 7) is 0.467. The van der Waals surface area contributed by atoms with Crippen LogP contribution in [0.5, 0.6) is 0 Å². The molecule has 4 aromatic rings. The van der Waals surface area contributed by atoms with Gasteiger partial charge in [0, 0.05) is 20.4 Å². The van der Waals surface area contributed by atoms with Gasteiger partial charge in [-0.3, -0.25) is 9.36 Å². The fourth-order valence-corrected chi connectivity index (χ4v) is 4.01. The highest BCUT2D eigenvalue weighted by Crippen LogP contribution is 2.31. The van der Waals surface area contributed by atoms with Crippen LogP contribution in [0.3, 0.4) is 0 Å². The van der Waals surface area contributed by atoms with Gasteiger partial charge in [0.25, 0.3) is 5.56 Å². The minimum absolute atomic E-state index is 0.0286. The molecule has 0 spiro atoms. The third kappa shape index (κ3) is 3.27. The van der Waals surface area contributed by atoms with Gasteiger partial charge in [-0.05, 0) is 35.4 Å². The number of rotatable bonds is 3. The van der Waals surface area contributed by atoms with Crippen molar-refractivity contribution in [2.75, 3.05) is 0 Å². The summed E-state index contributed by atoms with van der Waals surface area (Å²) in [5.41, 5.74) is 2.92. The lowest BCUT2D eigenvalue weighted by Crippen LogP contribution is -2.20. The van der Waals surface area contributed by atoms with Crippen LogP contribution in [-0.2, 0) is 6.54 Å².